The first-order chi connectivity index (χ1) is 13.1. The van der Waals surface area contributed by atoms with Crippen molar-refractivity contribution >= 4 is 16.7 Å². The third-order valence-electron chi connectivity index (χ3n) is 4.21. The summed E-state index contributed by atoms with van der Waals surface area (Å²) < 4.78 is 11.0. The van der Waals surface area contributed by atoms with E-state index < -0.39 is 12.1 Å². The lowest BCUT2D eigenvalue weighted by atomic mass is 10.1. The highest BCUT2D eigenvalue weighted by molar-refractivity contribution is 6.01. The highest BCUT2D eigenvalue weighted by Gasteiger charge is 2.22. The van der Waals surface area contributed by atoms with E-state index in [0.717, 1.165) is 10.9 Å². The fourth-order valence-corrected chi connectivity index (χ4v) is 2.79. The normalized spacial score (nSPS) is 12.0. The van der Waals surface area contributed by atoms with Gasteiger partial charge in [0.15, 0.2) is 6.10 Å². The van der Waals surface area contributed by atoms with Gasteiger partial charge in [0.2, 0.25) is 5.89 Å². The van der Waals surface area contributed by atoms with Crippen LogP contribution in [-0.4, -0.2) is 21.3 Å². The van der Waals surface area contributed by atoms with Crippen LogP contribution in [0.25, 0.3) is 22.2 Å². The molecule has 6 nitrogen and oxygen atoms in total. The second-order valence-electron chi connectivity index (χ2n) is 6.04. The Balaban J connectivity index is 1.55. The summed E-state index contributed by atoms with van der Waals surface area (Å²) in [6, 6.07) is 19.9. The van der Waals surface area contributed by atoms with E-state index in [9.17, 15) is 9.90 Å². The molecule has 0 bridgehead atoms. The van der Waals surface area contributed by atoms with Crippen molar-refractivity contribution in [1.82, 2.24) is 10.2 Å². The number of benzene rings is 3. The smallest absolute Gasteiger partial charge is 0.342 e. The van der Waals surface area contributed by atoms with Gasteiger partial charge in [-0.3, -0.25) is 0 Å². The standard InChI is InChI=1S/C21H16N2O4/c1-13(19-22-23-20(27-19)15-8-3-2-4-9-15)26-21(25)17-12-11-14-7-5-6-10-16(14)18(17)24/h2-13,24H,1H3/t13-/m1/s1. The lowest BCUT2D eigenvalue weighted by Gasteiger charge is -2.11. The maximum Gasteiger partial charge on any atom is 0.342 e. The molecule has 6 heteroatoms. The summed E-state index contributed by atoms with van der Waals surface area (Å²) in [6.07, 6.45) is -0.756. The van der Waals surface area contributed by atoms with E-state index in [1.807, 2.05) is 42.5 Å². The van der Waals surface area contributed by atoms with Gasteiger partial charge in [-0.25, -0.2) is 4.79 Å². The number of fused-ring (bicyclic) bond motifs is 1. The van der Waals surface area contributed by atoms with E-state index in [2.05, 4.69) is 10.2 Å². The molecule has 0 aliphatic heterocycles. The van der Waals surface area contributed by atoms with Gasteiger partial charge in [-0.1, -0.05) is 48.5 Å². The SMILES string of the molecule is C[C@@H](OC(=O)c1ccc2ccccc2c1O)c1nnc(-c2ccccc2)o1. The Hall–Kier alpha value is -3.67. The molecule has 27 heavy (non-hydrogen) atoms. The molecule has 0 amide bonds. The average molecular weight is 360 g/mol. The molecular formula is C21H16N2O4. The predicted octanol–water partition coefficient (Wildman–Crippen LogP) is 4.51. The van der Waals surface area contributed by atoms with Gasteiger partial charge in [0.05, 0.1) is 0 Å². The third-order valence-corrected chi connectivity index (χ3v) is 4.21. The predicted molar refractivity (Wildman–Crippen MR) is 99.2 cm³/mol. The fourth-order valence-electron chi connectivity index (χ4n) is 2.79. The number of carbonyl (C=O) groups excluding carboxylic acids is 1. The van der Waals surface area contributed by atoms with Gasteiger partial charge >= 0.3 is 5.97 Å². The summed E-state index contributed by atoms with van der Waals surface area (Å²) in [6.45, 7) is 1.64. The summed E-state index contributed by atoms with van der Waals surface area (Å²) in [4.78, 5) is 12.5. The van der Waals surface area contributed by atoms with Crippen molar-refractivity contribution < 1.29 is 19.1 Å². The number of rotatable bonds is 4. The summed E-state index contributed by atoms with van der Waals surface area (Å²) in [5, 5.41) is 19.8. The largest absolute Gasteiger partial charge is 0.506 e. The van der Waals surface area contributed by atoms with Crippen molar-refractivity contribution in [3.63, 3.8) is 0 Å². The number of aromatic nitrogens is 2. The number of nitrogens with zero attached hydrogens (tertiary/aromatic N) is 2. The summed E-state index contributed by atoms with van der Waals surface area (Å²) in [7, 11) is 0. The second-order valence-corrected chi connectivity index (χ2v) is 6.04. The lowest BCUT2D eigenvalue weighted by Crippen LogP contribution is -2.10. The van der Waals surface area contributed by atoms with E-state index >= 15 is 0 Å². The number of hydrogen-bond acceptors (Lipinski definition) is 6. The number of phenolic OH excluding ortho intramolecular Hbond substituents is 1. The van der Waals surface area contributed by atoms with Crippen LogP contribution in [0.2, 0.25) is 0 Å². The molecule has 0 spiro atoms. The number of hydrogen-bond donors (Lipinski definition) is 1. The minimum Gasteiger partial charge on any atom is -0.506 e. The fraction of sp³-hybridized carbons (Fsp3) is 0.0952. The van der Waals surface area contributed by atoms with Crippen LogP contribution < -0.4 is 0 Å². The molecule has 0 fully saturated rings. The Bertz CT molecular complexity index is 1110. The minimum absolute atomic E-state index is 0.0864. The monoisotopic (exact) mass is 360 g/mol. The first-order valence-corrected chi connectivity index (χ1v) is 8.44. The molecule has 3 aromatic carbocycles. The van der Waals surface area contributed by atoms with Crippen LogP contribution in [0.5, 0.6) is 5.75 Å². The van der Waals surface area contributed by atoms with Crippen molar-refractivity contribution in [2.75, 3.05) is 0 Å². The Kier molecular flexibility index (Phi) is 4.30. The first kappa shape index (κ1) is 16.8. The zero-order valence-electron chi connectivity index (χ0n) is 14.5. The van der Waals surface area contributed by atoms with Crippen molar-refractivity contribution in [3.05, 3.63) is 78.2 Å². The van der Waals surface area contributed by atoms with Crippen LogP contribution in [0.15, 0.2) is 71.1 Å². The van der Waals surface area contributed by atoms with Gasteiger partial charge in [0.25, 0.3) is 5.89 Å². The minimum atomic E-state index is -0.756. The van der Waals surface area contributed by atoms with E-state index in [1.165, 1.54) is 6.07 Å². The highest BCUT2D eigenvalue weighted by atomic mass is 16.6. The first-order valence-electron chi connectivity index (χ1n) is 8.44. The van der Waals surface area contributed by atoms with Crippen LogP contribution in [0.4, 0.5) is 0 Å². The van der Waals surface area contributed by atoms with Crippen LogP contribution in [-0.2, 0) is 4.74 Å². The second kappa shape index (κ2) is 6.92. The molecule has 4 rings (SSSR count). The topological polar surface area (TPSA) is 85.5 Å². The molecular weight excluding hydrogens is 344 g/mol. The molecule has 1 heterocycles. The maximum absolute atomic E-state index is 12.5. The molecule has 1 atom stereocenters. The Morgan fingerprint density at radius 2 is 1.74 bits per heavy atom. The molecule has 1 N–H and O–H groups in total. The number of ether oxygens (including phenoxy) is 1. The Labute approximate surface area is 155 Å². The van der Waals surface area contributed by atoms with E-state index in [1.54, 1.807) is 25.1 Å². The van der Waals surface area contributed by atoms with Crippen molar-refractivity contribution in [3.8, 4) is 17.2 Å². The van der Waals surface area contributed by atoms with Gasteiger partial charge in [0, 0.05) is 10.9 Å². The molecule has 0 aliphatic rings. The zero-order chi connectivity index (χ0) is 18.8. The molecule has 1 aromatic heterocycles. The van der Waals surface area contributed by atoms with E-state index in [4.69, 9.17) is 9.15 Å². The van der Waals surface area contributed by atoms with Crippen LogP contribution in [0.1, 0.15) is 29.3 Å². The van der Waals surface area contributed by atoms with E-state index in [0.29, 0.717) is 11.3 Å². The van der Waals surface area contributed by atoms with Crippen molar-refractivity contribution in [2.45, 2.75) is 13.0 Å². The molecule has 0 saturated heterocycles. The number of aromatic hydroxyl groups is 1. The zero-order valence-corrected chi connectivity index (χ0v) is 14.5. The molecule has 0 aliphatic carbocycles. The lowest BCUT2D eigenvalue weighted by molar-refractivity contribution is 0.0277. The third kappa shape index (κ3) is 3.25. The Morgan fingerprint density at radius 3 is 2.56 bits per heavy atom. The molecule has 0 saturated carbocycles. The highest BCUT2D eigenvalue weighted by Crippen LogP contribution is 2.30. The molecule has 4 aromatic rings. The van der Waals surface area contributed by atoms with Crippen molar-refractivity contribution in [1.29, 1.82) is 0 Å². The van der Waals surface area contributed by atoms with Gasteiger partial charge in [0.1, 0.15) is 11.3 Å². The van der Waals surface area contributed by atoms with Crippen LogP contribution in [0.3, 0.4) is 0 Å². The average Bonchev–Trinajstić information content (AvgIpc) is 3.19. The maximum atomic E-state index is 12.5. The molecule has 0 unspecified atom stereocenters. The quantitative estimate of drug-likeness (QED) is 0.539. The van der Waals surface area contributed by atoms with Crippen LogP contribution in [0, 0.1) is 0 Å². The number of carbonyl (C=O) groups is 1. The van der Waals surface area contributed by atoms with Gasteiger partial charge in [-0.15, -0.1) is 10.2 Å². The molecule has 0 radical (unpaired) electrons. The number of phenols is 1. The summed E-state index contributed by atoms with van der Waals surface area (Å²) >= 11 is 0. The number of esters is 1. The van der Waals surface area contributed by atoms with Crippen molar-refractivity contribution in [2.24, 2.45) is 0 Å². The van der Waals surface area contributed by atoms with Crippen LogP contribution >= 0.6 is 0 Å². The van der Waals surface area contributed by atoms with Gasteiger partial charge < -0.3 is 14.3 Å². The molecule has 134 valence electrons. The van der Waals surface area contributed by atoms with Gasteiger partial charge in [-0.2, -0.15) is 0 Å². The Morgan fingerprint density at radius 1 is 1.00 bits per heavy atom. The van der Waals surface area contributed by atoms with Gasteiger partial charge in [-0.05, 0) is 30.5 Å². The summed E-state index contributed by atoms with van der Waals surface area (Å²) in [5.41, 5.74) is 0.866. The summed E-state index contributed by atoms with van der Waals surface area (Å²) in [5.74, 6) is -0.240. The van der Waals surface area contributed by atoms with E-state index in [-0.39, 0.29) is 17.2 Å².